The summed E-state index contributed by atoms with van der Waals surface area (Å²) in [6, 6.07) is 5.13. The topological polar surface area (TPSA) is 81.1 Å². The fourth-order valence-electron chi connectivity index (χ4n) is 1.98. The van der Waals surface area contributed by atoms with Gasteiger partial charge in [0, 0.05) is 12.1 Å². The van der Waals surface area contributed by atoms with E-state index in [4.69, 9.17) is 11.5 Å². The molecule has 1 aliphatic rings. The van der Waals surface area contributed by atoms with E-state index in [1.54, 1.807) is 12.1 Å². The standard InChI is InChI=1S/C13H19N3O/c1-8(9-2-3-9)7-16-12-5-4-10(13(15)17)6-11(12)14/h4-6,8-9,16H,2-3,7,14H2,1H3,(H2,15,17). The van der Waals surface area contributed by atoms with E-state index in [0.717, 1.165) is 18.2 Å². The summed E-state index contributed by atoms with van der Waals surface area (Å²) in [5.41, 5.74) is 13.0. The largest absolute Gasteiger partial charge is 0.397 e. The van der Waals surface area contributed by atoms with Crippen molar-refractivity contribution >= 4 is 17.3 Å². The van der Waals surface area contributed by atoms with Crippen molar-refractivity contribution in [3.8, 4) is 0 Å². The second-order valence-corrected chi connectivity index (χ2v) is 4.86. The van der Waals surface area contributed by atoms with Gasteiger partial charge in [-0.05, 0) is 42.9 Å². The number of nitrogens with one attached hydrogen (secondary N) is 1. The van der Waals surface area contributed by atoms with Crippen LogP contribution in [-0.2, 0) is 0 Å². The molecule has 4 nitrogen and oxygen atoms in total. The number of amides is 1. The average Bonchev–Trinajstić information content (AvgIpc) is 3.10. The first-order valence-electron chi connectivity index (χ1n) is 6.01. The number of primary amides is 1. The van der Waals surface area contributed by atoms with Crippen LogP contribution in [0, 0.1) is 11.8 Å². The number of benzene rings is 1. The number of hydrogen-bond donors (Lipinski definition) is 3. The summed E-state index contributed by atoms with van der Waals surface area (Å²) in [6.45, 7) is 3.17. The van der Waals surface area contributed by atoms with Crippen molar-refractivity contribution in [3.63, 3.8) is 0 Å². The number of carbonyl (C=O) groups excluding carboxylic acids is 1. The van der Waals surface area contributed by atoms with Crippen molar-refractivity contribution < 1.29 is 4.79 Å². The molecule has 1 aliphatic carbocycles. The zero-order valence-electron chi connectivity index (χ0n) is 10.1. The van der Waals surface area contributed by atoms with E-state index in [2.05, 4.69) is 12.2 Å². The summed E-state index contributed by atoms with van der Waals surface area (Å²) in [5, 5.41) is 3.32. The smallest absolute Gasteiger partial charge is 0.248 e. The molecule has 1 unspecified atom stereocenters. The van der Waals surface area contributed by atoms with Crippen LogP contribution in [0.15, 0.2) is 18.2 Å². The molecule has 4 heteroatoms. The molecule has 0 bridgehead atoms. The predicted molar refractivity (Wildman–Crippen MR) is 69.8 cm³/mol. The molecule has 1 atom stereocenters. The van der Waals surface area contributed by atoms with E-state index >= 15 is 0 Å². The highest BCUT2D eigenvalue weighted by atomic mass is 16.1. The van der Waals surface area contributed by atoms with Gasteiger partial charge < -0.3 is 16.8 Å². The lowest BCUT2D eigenvalue weighted by Gasteiger charge is -2.14. The van der Waals surface area contributed by atoms with Gasteiger partial charge in [0.25, 0.3) is 0 Å². The first kappa shape index (κ1) is 11.8. The van der Waals surface area contributed by atoms with Crippen LogP contribution in [0.4, 0.5) is 11.4 Å². The second-order valence-electron chi connectivity index (χ2n) is 4.86. The Morgan fingerprint density at radius 3 is 2.76 bits per heavy atom. The Bertz CT molecular complexity index is 427. The van der Waals surface area contributed by atoms with E-state index in [1.165, 1.54) is 12.8 Å². The normalized spacial score (nSPS) is 16.5. The van der Waals surface area contributed by atoms with E-state index in [1.807, 2.05) is 6.07 Å². The monoisotopic (exact) mass is 233 g/mol. The highest BCUT2D eigenvalue weighted by molar-refractivity contribution is 5.94. The molecule has 2 rings (SSSR count). The zero-order chi connectivity index (χ0) is 12.4. The quantitative estimate of drug-likeness (QED) is 0.678. The van der Waals surface area contributed by atoms with Gasteiger partial charge in [0.2, 0.25) is 5.91 Å². The lowest BCUT2D eigenvalue weighted by Crippen LogP contribution is -2.15. The van der Waals surface area contributed by atoms with Crippen molar-refractivity contribution in [1.29, 1.82) is 0 Å². The van der Waals surface area contributed by atoms with Gasteiger partial charge in [-0.15, -0.1) is 0 Å². The summed E-state index contributed by atoms with van der Waals surface area (Å²) in [5.74, 6) is 1.09. The Morgan fingerprint density at radius 1 is 1.53 bits per heavy atom. The maximum Gasteiger partial charge on any atom is 0.248 e. The third kappa shape index (κ3) is 2.90. The Hall–Kier alpha value is -1.71. The van der Waals surface area contributed by atoms with Gasteiger partial charge >= 0.3 is 0 Å². The fourth-order valence-corrected chi connectivity index (χ4v) is 1.98. The van der Waals surface area contributed by atoms with Crippen LogP contribution < -0.4 is 16.8 Å². The molecule has 1 aromatic rings. The minimum atomic E-state index is -0.449. The average molecular weight is 233 g/mol. The third-order valence-corrected chi connectivity index (χ3v) is 3.38. The van der Waals surface area contributed by atoms with Crippen molar-refractivity contribution in [1.82, 2.24) is 0 Å². The number of carbonyl (C=O) groups is 1. The number of nitrogen functional groups attached to an aromatic ring is 1. The Labute approximate surface area is 101 Å². The lowest BCUT2D eigenvalue weighted by atomic mass is 10.1. The van der Waals surface area contributed by atoms with Crippen LogP contribution in [0.5, 0.6) is 0 Å². The predicted octanol–water partition coefficient (Wildman–Crippen LogP) is 1.83. The molecule has 17 heavy (non-hydrogen) atoms. The van der Waals surface area contributed by atoms with Crippen LogP contribution in [0.25, 0.3) is 0 Å². The molecule has 0 radical (unpaired) electrons. The zero-order valence-corrected chi connectivity index (χ0v) is 10.1. The summed E-state index contributed by atoms with van der Waals surface area (Å²) >= 11 is 0. The van der Waals surface area contributed by atoms with Crippen LogP contribution in [0.1, 0.15) is 30.1 Å². The molecule has 0 heterocycles. The van der Waals surface area contributed by atoms with Crippen molar-refractivity contribution in [2.24, 2.45) is 17.6 Å². The van der Waals surface area contributed by atoms with E-state index < -0.39 is 5.91 Å². The van der Waals surface area contributed by atoms with Crippen molar-refractivity contribution in [3.05, 3.63) is 23.8 Å². The minimum Gasteiger partial charge on any atom is -0.397 e. The maximum atomic E-state index is 11.0. The molecule has 1 amide bonds. The van der Waals surface area contributed by atoms with Gasteiger partial charge in [0.15, 0.2) is 0 Å². The lowest BCUT2D eigenvalue weighted by molar-refractivity contribution is 0.100. The van der Waals surface area contributed by atoms with Crippen LogP contribution >= 0.6 is 0 Å². The van der Waals surface area contributed by atoms with Gasteiger partial charge in [0.1, 0.15) is 0 Å². The molecule has 0 saturated heterocycles. The summed E-state index contributed by atoms with van der Waals surface area (Å²) in [6.07, 6.45) is 2.69. The summed E-state index contributed by atoms with van der Waals surface area (Å²) in [7, 11) is 0. The number of rotatable bonds is 5. The van der Waals surface area contributed by atoms with Gasteiger partial charge in [-0.3, -0.25) is 4.79 Å². The Balaban J connectivity index is 1.98. The molecular weight excluding hydrogens is 214 g/mol. The molecule has 0 spiro atoms. The second kappa shape index (κ2) is 4.65. The molecule has 1 saturated carbocycles. The number of hydrogen-bond acceptors (Lipinski definition) is 3. The van der Waals surface area contributed by atoms with Crippen molar-refractivity contribution in [2.75, 3.05) is 17.6 Å². The van der Waals surface area contributed by atoms with E-state index in [9.17, 15) is 4.79 Å². The summed E-state index contributed by atoms with van der Waals surface area (Å²) in [4.78, 5) is 11.0. The molecule has 1 fully saturated rings. The molecule has 0 aromatic heterocycles. The maximum absolute atomic E-state index is 11.0. The van der Waals surface area contributed by atoms with E-state index in [0.29, 0.717) is 17.2 Å². The SMILES string of the molecule is CC(CNc1ccc(C(N)=O)cc1N)C1CC1. The Kier molecular flexibility index (Phi) is 3.22. The molecule has 0 aliphatic heterocycles. The van der Waals surface area contributed by atoms with Gasteiger partial charge in [-0.2, -0.15) is 0 Å². The van der Waals surface area contributed by atoms with E-state index in [-0.39, 0.29) is 0 Å². The minimum absolute atomic E-state index is 0.447. The molecule has 5 N–H and O–H groups in total. The first-order valence-corrected chi connectivity index (χ1v) is 6.01. The van der Waals surface area contributed by atoms with Crippen LogP contribution in [-0.4, -0.2) is 12.5 Å². The number of nitrogens with two attached hydrogens (primary N) is 2. The van der Waals surface area contributed by atoms with Crippen molar-refractivity contribution in [2.45, 2.75) is 19.8 Å². The third-order valence-electron chi connectivity index (χ3n) is 3.38. The van der Waals surface area contributed by atoms with Crippen LogP contribution in [0.3, 0.4) is 0 Å². The van der Waals surface area contributed by atoms with Crippen LogP contribution in [0.2, 0.25) is 0 Å². The number of anilines is 2. The van der Waals surface area contributed by atoms with Gasteiger partial charge in [0.05, 0.1) is 11.4 Å². The molecule has 92 valence electrons. The first-order chi connectivity index (χ1) is 8.08. The van der Waals surface area contributed by atoms with Gasteiger partial charge in [-0.25, -0.2) is 0 Å². The highest BCUT2D eigenvalue weighted by Gasteiger charge is 2.27. The molecular formula is C13H19N3O. The fraction of sp³-hybridized carbons (Fsp3) is 0.462. The highest BCUT2D eigenvalue weighted by Crippen LogP contribution is 2.36. The summed E-state index contributed by atoms with van der Waals surface area (Å²) < 4.78 is 0. The molecule has 1 aromatic carbocycles. The Morgan fingerprint density at radius 2 is 2.24 bits per heavy atom. The van der Waals surface area contributed by atoms with Gasteiger partial charge in [-0.1, -0.05) is 6.92 Å².